The van der Waals surface area contributed by atoms with Gasteiger partial charge >= 0.3 is 0 Å². The lowest BCUT2D eigenvalue weighted by Gasteiger charge is -2.36. The van der Waals surface area contributed by atoms with Crippen molar-refractivity contribution in [2.45, 2.75) is 44.4 Å². The Bertz CT molecular complexity index is 383. The first-order valence-electron chi connectivity index (χ1n) is 6.73. The summed E-state index contributed by atoms with van der Waals surface area (Å²) >= 11 is 6.25. The molecule has 2 rings (SSSR count). The summed E-state index contributed by atoms with van der Waals surface area (Å²) in [6.45, 7) is 8.39. The van der Waals surface area contributed by atoms with E-state index in [1.165, 1.54) is 11.1 Å². The molecule has 0 spiro atoms. The van der Waals surface area contributed by atoms with E-state index >= 15 is 0 Å². The molecule has 1 fully saturated rings. The molecule has 1 aromatic rings. The summed E-state index contributed by atoms with van der Waals surface area (Å²) in [4.78, 5) is 0. The first kappa shape index (κ1) is 13.9. The maximum absolute atomic E-state index is 6.25. The van der Waals surface area contributed by atoms with Gasteiger partial charge in [-0.1, -0.05) is 45.0 Å². The highest BCUT2D eigenvalue weighted by atomic mass is 35.5. The molecule has 2 heteroatoms. The molecule has 0 saturated carbocycles. The van der Waals surface area contributed by atoms with Crippen LogP contribution in [0.25, 0.3) is 0 Å². The van der Waals surface area contributed by atoms with Crippen LogP contribution in [0.2, 0.25) is 0 Å². The molecule has 1 aromatic carbocycles. The summed E-state index contributed by atoms with van der Waals surface area (Å²) < 4.78 is 5.47. The van der Waals surface area contributed by atoms with Gasteiger partial charge in [0.2, 0.25) is 0 Å². The van der Waals surface area contributed by atoms with Crippen LogP contribution in [0.3, 0.4) is 0 Å². The van der Waals surface area contributed by atoms with E-state index in [2.05, 4.69) is 45.0 Å². The quantitative estimate of drug-likeness (QED) is 0.727. The van der Waals surface area contributed by atoms with Crippen molar-refractivity contribution < 1.29 is 4.74 Å². The van der Waals surface area contributed by atoms with Gasteiger partial charge in [-0.3, -0.25) is 0 Å². The fourth-order valence-electron chi connectivity index (χ4n) is 2.59. The van der Waals surface area contributed by atoms with E-state index in [0.29, 0.717) is 5.88 Å². The molecule has 0 N–H and O–H groups in total. The maximum Gasteiger partial charge on any atom is 0.0474 e. The molecule has 0 amide bonds. The monoisotopic (exact) mass is 266 g/mol. The van der Waals surface area contributed by atoms with Crippen molar-refractivity contribution in [3.63, 3.8) is 0 Å². The minimum Gasteiger partial charge on any atom is -0.381 e. The Balaban J connectivity index is 2.27. The van der Waals surface area contributed by atoms with Gasteiger partial charge in [-0.25, -0.2) is 0 Å². The van der Waals surface area contributed by atoms with Gasteiger partial charge in [0.05, 0.1) is 0 Å². The zero-order valence-electron chi connectivity index (χ0n) is 11.6. The number of hydrogen-bond donors (Lipinski definition) is 0. The van der Waals surface area contributed by atoms with E-state index in [4.69, 9.17) is 16.3 Å². The van der Waals surface area contributed by atoms with Crippen molar-refractivity contribution in [1.29, 1.82) is 0 Å². The highest BCUT2D eigenvalue weighted by Crippen LogP contribution is 2.36. The van der Waals surface area contributed by atoms with Gasteiger partial charge in [0.25, 0.3) is 0 Å². The Hall–Kier alpha value is -0.530. The normalized spacial score (nSPS) is 19.8. The summed E-state index contributed by atoms with van der Waals surface area (Å²) in [5, 5.41) is 0. The van der Waals surface area contributed by atoms with Crippen LogP contribution < -0.4 is 0 Å². The predicted molar refractivity (Wildman–Crippen MR) is 77.6 cm³/mol. The third kappa shape index (κ3) is 2.73. The molecular formula is C16H23ClO. The van der Waals surface area contributed by atoms with Gasteiger partial charge in [-0.05, 0) is 29.4 Å². The summed E-state index contributed by atoms with van der Waals surface area (Å²) in [5.41, 5.74) is 3.08. The van der Waals surface area contributed by atoms with Gasteiger partial charge in [0.1, 0.15) is 0 Å². The summed E-state index contributed by atoms with van der Waals surface area (Å²) in [7, 11) is 0. The Morgan fingerprint density at radius 3 is 2.11 bits per heavy atom. The molecule has 0 aromatic heterocycles. The SMILES string of the molecule is CC(C)(C)c1ccc(C2(CCl)CCOCC2)cc1. The summed E-state index contributed by atoms with van der Waals surface area (Å²) in [6.07, 6.45) is 2.07. The standard InChI is InChI=1S/C16H23ClO/c1-15(2,3)13-4-6-14(7-5-13)16(12-17)8-10-18-11-9-16/h4-7H,8-12H2,1-3H3. The van der Waals surface area contributed by atoms with Crippen molar-refractivity contribution in [3.8, 4) is 0 Å². The van der Waals surface area contributed by atoms with Crippen molar-refractivity contribution in [3.05, 3.63) is 35.4 Å². The van der Waals surface area contributed by atoms with Crippen LogP contribution in [0, 0.1) is 0 Å². The summed E-state index contributed by atoms with van der Waals surface area (Å²) in [5.74, 6) is 0.686. The van der Waals surface area contributed by atoms with Gasteiger partial charge < -0.3 is 4.74 Å². The second-order valence-electron chi connectivity index (χ2n) is 6.35. The number of benzene rings is 1. The third-order valence-electron chi connectivity index (χ3n) is 4.07. The highest BCUT2D eigenvalue weighted by molar-refractivity contribution is 6.18. The van der Waals surface area contributed by atoms with E-state index in [9.17, 15) is 0 Å². The lowest BCUT2D eigenvalue weighted by atomic mass is 9.75. The van der Waals surface area contributed by atoms with Crippen LogP contribution in [-0.2, 0) is 15.6 Å². The Kier molecular flexibility index (Phi) is 4.03. The average molecular weight is 267 g/mol. The van der Waals surface area contributed by atoms with E-state index in [1.807, 2.05) is 0 Å². The number of alkyl halides is 1. The molecule has 0 unspecified atom stereocenters. The van der Waals surface area contributed by atoms with Crippen LogP contribution in [0.1, 0.15) is 44.7 Å². The molecule has 1 heterocycles. The topological polar surface area (TPSA) is 9.23 Å². The molecule has 18 heavy (non-hydrogen) atoms. The van der Waals surface area contributed by atoms with E-state index in [0.717, 1.165) is 26.1 Å². The molecule has 1 nitrogen and oxygen atoms in total. The van der Waals surface area contributed by atoms with Gasteiger partial charge in [-0.2, -0.15) is 0 Å². The average Bonchev–Trinajstić information content (AvgIpc) is 2.39. The van der Waals surface area contributed by atoms with Crippen LogP contribution in [0.5, 0.6) is 0 Å². The fourth-order valence-corrected chi connectivity index (χ4v) is 3.01. The molecule has 1 aliphatic rings. The van der Waals surface area contributed by atoms with Crippen molar-refractivity contribution in [2.24, 2.45) is 0 Å². The Labute approximate surface area is 115 Å². The lowest BCUT2D eigenvalue weighted by Crippen LogP contribution is -2.35. The molecule has 1 aliphatic heterocycles. The first-order valence-corrected chi connectivity index (χ1v) is 7.26. The Morgan fingerprint density at radius 1 is 1.11 bits per heavy atom. The fraction of sp³-hybridized carbons (Fsp3) is 0.625. The van der Waals surface area contributed by atoms with E-state index in [-0.39, 0.29) is 10.8 Å². The van der Waals surface area contributed by atoms with Gasteiger partial charge in [0, 0.05) is 24.5 Å². The minimum absolute atomic E-state index is 0.121. The second-order valence-corrected chi connectivity index (χ2v) is 6.62. The molecule has 0 bridgehead atoms. The zero-order chi connectivity index (χ0) is 13.2. The first-order chi connectivity index (χ1) is 8.48. The highest BCUT2D eigenvalue weighted by Gasteiger charge is 2.33. The molecule has 0 atom stereocenters. The number of rotatable bonds is 2. The van der Waals surface area contributed by atoms with Gasteiger partial charge in [-0.15, -0.1) is 11.6 Å². The van der Waals surface area contributed by atoms with Crippen LogP contribution >= 0.6 is 11.6 Å². The number of ether oxygens (including phenoxy) is 1. The predicted octanol–water partition coefficient (Wildman–Crippen LogP) is 4.27. The molecule has 0 radical (unpaired) electrons. The molecule has 100 valence electrons. The molecule has 0 aliphatic carbocycles. The Morgan fingerprint density at radius 2 is 1.67 bits per heavy atom. The van der Waals surface area contributed by atoms with E-state index in [1.54, 1.807) is 0 Å². The largest absolute Gasteiger partial charge is 0.381 e. The van der Waals surface area contributed by atoms with Gasteiger partial charge in [0.15, 0.2) is 0 Å². The lowest BCUT2D eigenvalue weighted by molar-refractivity contribution is 0.0575. The van der Waals surface area contributed by atoms with Crippen molar-refractivity contribution >= 4 is 11.6 Å². The maximum atomic E-state index is 6.25. The van der Waals surface area contributed by atoms with Crippen LogP contribution in [0.15, 0.2) is 24.3 Å². The zero-order valence-corrected chi connectivity index (χ0v) is 12.4. The molecule has 1 saturated heterocycles. The second kappa shape index (κ2) is 5.22. The summed E-state index contributed by atoms with van der Waals surface area (Å²) in [6, 6.07) is 9.01. The number of halogens is 1. The van der Waals surface area contributed by atoms with Crippen molar-refractivity contribution in [1.82, 2.24) is 0 Å². The minimum atomic E-state index is 0.121. The van der Waals surface area contributed by atoms with E-state index < -0.39 is 0 Å². The third-order valence-corrected chi connectivity index (χ3v) is 4.58. The number of hydrogen-bond acceptors (Lipinski definition) is 1. The molecular weight excluding hydrogens is 244 g/mol. The van der Waals surface area contributed by atoms with Crippen molar-refractivity contribution in [2.75, 3.05) is 19.1 Å². The van der Waals surface area contributed by atoms with Crippen LogP contribution in [-0.4, -0.2) is 19.1 Å². The van der Waals surface area contributed by atoms with Crippen LogP contribution in [0.4, 0.5) is 0 Å². The smallest absolute Gasteiger partial charge is 0.0474 e.